The predicted molar refractivity (Wildman–Crippen MR) is 79.7 cm³/mol. The van der Waals surface area contributed by atoms with Gasteiger partial charge in [0.15, 0.2) is 0 Å². The van der Waals surface area contributed by atoms with E-state index in [9.17, 15) is 0 Å². The molecule has 2 nitrogen and oxygen atoms in total. The van der Waals surface area contributed by atoms with Gasteiger partial charge in [0.2, 0.25) is 0 Å². The van der Waals surface area contributed by atoms with Crippen LogP contribution in [0.4, 0.5) is 5.69 Å². The summed E-state index contributed by atoms with van der Waals surface area (Å²) in [6.45, 7) is 8.77. The van der Waals surface area contributed by atoms with Crippen molar-refractivity contribution >= 4 is 17.3 Å². The Morgan fingerprint density at radius 1 is 1.44 bits per heavy atom. The highest BCUT2D eigenvalue weighted by Crippen LogP contribution is 2.31. The molecule has 1 aliphatic rings. The standard InChI is InChI=1S/C15H23ClN2/c1-4-17-13-8-9-18(11(2)10-13)15-7-5-6-14(16)12(15)3/h5-7,11,13,17H,4,8-10H2,1-3H3. The molecule has 1 aromatic rings. The van der Waals surface area contributed by atoms with Crippen LogP contribution < -0.4 is 10.2 Å². The van der Waals surface area contributed by atoms with Crippen molar-refractivity contribution in [3.05, 3.63) is 28.8 Å². The highest BCUT2D eigenvalue weighted by molar-refractivity contribution is 6.31. The Balaban J connectivity index is 2.13. The number of piperidine rings is 1. The van der Waals surface area contributed by atoms with E-state index in [1.54, 1.807) is 0 Å². The number of rotatable bonds is 3. The van der Waals surface area contributed by atoms with Crippen LogP contribution in [0.3, 0.4) is 0 Å². The van der Waals surface area contributed by atoms with Crippen molar-refractivity contribution in [3.63, 3.8) is 0 Å². The lowest BCUT2D eigenvalue weighted by Gasteiger charge is -2.40. The van der Waals surface area contributed by atoms with Crippen LogP contribution in [-0.4, -0.2) is 25.2 Å². The van der Waals surface area contributed by atoms with Gasteiger partial charge in [-0.05, 0) is 50.9 Å². The van der Waals surface area contributed by atoms with Crippen LogP contribution in [0.5, 0.6) is 0 Å². The van der Waals surface area contributed by atoms with Crippen LogP contribution in [0.1, 0.15) is 32.3 Å². The third kappa shape index (κ3) is 2.81. The maximum atomic E-state index is 6.22. The summed E-state index contributed by atoms with van der Waals surface area (Å²) in [5.74, 6) is 0. The lowest BCUT2D eigenvalue weighted by molar-refractivity contribution is 0.374. The van der Waals surface area contributed by atoms with Gasteiger partial charge in [0.05, 0.1) is 0 Å². The van der Waals surface area contributed by atoms with Crippen molar-refractivity contribution in [2.45, 2.75) is 45.7 Å². The van der Waals surface area contributed by atoms with Crippen LogP contribution >= 0.6 is 11.6 Å². The van der Waals surface area contributed by atoms with Gasteiger partial charge in [-0.25, -0.2) is 0 Å². The van der Waals surface area contributed by atoms with E-state index in [0.717, 1.165) is 18.1 Å². The van der Waals surface area contributed by atoms with Gasteiger partial charge in [-0.15, -0.1) is 0 Å². The fourth-order valence-electron chi connectivity index (χ4n) is 2.91. The Kier molecular flexibility index (Phi) is 4.52. The number of benzene rings is 1. The van der Waals surface area contributed by atoms with E-state index in [-0.39, 0.29) is 0 Å². The van der Waals surface area contributed by atoms with Crippen LogP contribution in [0.2, 0.25) is 5.02 Å². The minimum Gasteiger partial charge on any atom is -0.368 e. The molecule has 0 aromatic heterocycles. The Labute approximate surface area is 115 Å². The van der Waals surface area contributed by atoms with Crippen LogP contribution in [-0.2, 0) is 0 Å². The van der Waals surface area contributed by atoms with Crippen LogP contribution in [0, 0.1) is 6.92 Å². The van der Waals surface area contributed by atoms with Gasteiger partial charge in [-0.1, -0.05) is 24.6 Å². The van der Waals surface area contributed by atoms with E-state index in [0.29, 0.717) is 12.1 Å². The van der Waals surface area contributed by atoms with Gasteiger partial charge >= 0.3 is 0 Å². The Bertz CT molecular complexity index is 405. The molecule has 2 unspecified atom stereocenters. The Morgan fingerprint density at radius 2 is 2.22 bits per heavy atom. The van der Waals surface area contributed by atoms with Gasteiger partial charge in [0.25, 0.3) is 0 Å². The lowest BCUT2D eigenvalue weighted by atomic mass is 9.96. The molecule has 2 rings (SSSR count). The SMILES string of the molecule is CCNC1CCN(c2cccc(Cl)c2C)C(C)C1. The molecule has 0 spiro atoms. The van der Waals surface area contributed by atoms with Crippen molar-refractivity contribution < 1.29 is 0 Å². The third-order valence-corrected chi connectivity index (χ3v) is 4.33. The Morgan fingerprint density at radius 3 is 2.89 bits per heavy atom. The molecular weight excluding hydrogens is 244 g/mol. The number of hydrogen-bond donors (Lipinski definition) is 1. The summed E-state index contributed by atoms with van der Waals surface area (Å²) in [5, 5.41) is 4.43. The molecule has 1 saturated heterocycles. The molecule has 1 aliphatic heterocycles. The van der Waals surface area contributed by atoms with Crippen molar-refractivity contribution in [1.82, 2.24) is 5.32 Å². The first kappa shape index (κ1) is 13.7. The number of nitrogens with one attached hydrogen (secondary N) is 1. The topological polar surface area (TPSA) is 15.3 Å². The highest BCUT2D eigenvalue weighted by Gasteiger charge is 2.26. The molecule has 100 valence electrons. The van der Waals surface area contributed by atoms with Gasteiger partial charge in [-0.2, -0.15) is 0 Å². The van der Waals surface area contributed by atoms with Gasteiger partial charge in [0.1, 0.15) is 0 Å². The van der Waals surface area contributed by atoms with Crippen molar-refractivity contribution in [3.8, 4) is 0 Å². The lowest BCUT2D eigenvalue weighted by Crippen LogP contribution is -2.47. The number of nitrogens with zero attached hydrogens (tertiary/aromatic N) is 1. The number of halogens is 1. The second-order valence-corrected chi connectivity index (χ2v) is 5.61. The molecule has 0 amide bonds. The molecule has 1 heterocycles. The summed E-state index contributed by atoms with van der Waals surface area (Å²) in [7, 11) is 0. The molecule has 1 fully saturated rings. The number of hydrogen-bond acceptors (Lipinski definition) is 2. The fourth-order valence-corrected chi connectivity index (χ4v) is 3.08. The minimum absolute atomic E-state index is 0.569. The van der Waals surface area contributed by atoms with Crippen LogP contribution in [0.15, 0.2) is 18.2 Å². The predicted octanol–water partition coefficient (Wildman–Crippen LogP) is 3.62. The molecule has 1 N–H and O–H groups in total. The maximum absolute atomic E-state index is 6.22. The summed E-state index contributed by atoms with van der Waals surface area (Å²) in [5.41, 5.74) is 2.50. The van der Waals surface area contributed by atoms with E-state index in [1.807, 2.05) is 12.1 Å². The molecule has 0 radical (unpaired) electrons. The van der Waals surface area contributed by atoms with Crippen molar-refractivity contribution in [1.29, 1.82) is 0 Å². The zero-order valence-corrected chi connectivity index (χ0v) is 12.3. The first-order valence-corrected chi connectivity index (χ1v) is 7.26. The fraction of sp³-hybridized carbons (Fsp3) is 0.600. The molecule has 0 bridgehead atoms. The molecular formula is C15H23ClN2. The quantitative estimate of drug-likeness (QED) is 0.899. The summed E-state index contributed by atoms with van der Waals surface area (Å²) in [6, 6.07) is 7.44. The summed E-state index contributed by atoms with van der Waals surface area (Å²) in [6.07, 6.45) is 2.42. The van der Waals surface area contributed by atoms with E-state index >= 15 is 0 Å². The largest absolute Gasteiger partial charge is 0.368 e. The van der Waals surface area contributed by atoms with E-state index in [2.05, 4.69) is 37.1 Å². The van der Waals surface area contributed by atoms with Gasteiger partial charge in [-0.3, -0.25) is 0 Å². The van der Waals surface area contributed by atoms with E-state index < -0.39 is 0 Å². The highest BCUT2D eigenvalue weighted by atomic mass is 35.5. The van der Waals surface area contributed by atoms with Crippen molar-refractivity contribution in [2.24, 2.45) is 0 Å². The molecule has 1 aromatic carbocycles. The minimum atomic E-state index is 0.569. The molecule has 0 saturated carbocycles. The summed E-state index contributed by atoms with van der Waals surface area (Å²) < 4.78 is 0. The molecule has 0 aliphatic carbocycles. The van der Waals surface area contributed by atoms with E-state index in [4.69, 9.17) is 11.6 Å². The Hall–Kier alpha value is -0.730. The average molecular weight is 267 g/mol. The molecule has 3 heteroatoms. The summed E-state index contributed by atoms with van der Waals surface area (Å²) in [4.78, 5) is 2.50. The van der Waals surface area contributed by atoms with E-state index in [1.165, 1.54) is 24.1 Å². The van der Waals surface area contributed by atoms with Gasteiger partial charge in [0, 0.05) is 29.3 Å². The first-order chi connectivity index (χ1) is 8.63. The van der Waals surface area contributed by atoms with Gasteiger partial charge < -0.3 is 10.2 Å². The maximum Gasteiger partial charge on any atom is 0.0455 e. The average Bonchev–Trinajstić information content (AvgIpc) is 2.34. The monoisotopic (exact) mass is 266 g/mol. The normalized spacial score (nSPS) is 24.3. The molecule has 2 atom stereocenters. The second-order valence-electron chi connectivity index (χ2n) is 5.21. The second kappa shape index (κ2) is 5.94. The summed E-state index contributed by atoms with van der Waals surface area (Å²) >= 11 is 6.22. The van der Waals surface area contributed by atoms with Crippen LogP contribution in [0.25, 0.3) is 0 Å². The smallest absolute Gasteiger partial charge is 0.0455 e. The zero-order chi connectivity index (χ0) is 13.1. The number of anilines is 1. The first-order valence-electron chi connectivity index (χ1n) is 6.88. The van der Waals surface area contributed by atoms with Crippen molar-refractivity contribution in [2.75, 3.05) is 18.0 Å². The third-order valence-electron chi connectivity index (χ3n) is 3.92. The zero-order valence-electron chi connectivity index (χ0n) is 11.5. The molecule has 18 heavy (non-hydrogen) atoms.